The summed E-state index contributed by atoms with van der Waals surface area (Å²) in [6, 6.07) is 11.6. The highest BCUT2D eigenvalue weighted by atomic mass is 32.1. The molecule has 4 nitrogen and oxygen atoms in total. The maximum atomic E-state index is 11.9. The normalized spacial score (nSPS) is 10.4. The number of para-hydroxylation sites is 1. The number of rotatable bonds is 7. The largest absolute Gasteiger partial charge is 0.492 e. The van der Waals surface area contributed by atoms with Crippen LogP contribution in [0.3, 0.4) is 0 Å². The summed E-state index contributed by atoms with van der Waals surface area (Å²) in [4.78, 5) is 16.4. The zero-order chi connectivity index (χ0) is 15.9. The summed E-state index contributed by atoms with van der Waals surface area (Å²) in [5, 5.41) is 9.83. The quantitative estimate of drug-likeness (QED) is 0.666. The first-order chi connectivity index (χ1) is 11.3. The first-order valence-corrected chi connectivity index (χ1v) is 9.05. The zero-order valence-corrected chi connectivity index (χ0v) is 14.0. The topological polar surface area (TPSA) is 51.2 Å². The standard InChI is InChI=1S/C17H16N2O2S2/c20-16(18-7-8-21-15-4-2-1-3-5-15)10-14-12-23-17(19-14)13-6-9-22-11-13/h1-6,9,11-12H,7-8,10H2,(H,18,20). The smallest absolute Gasteiger partial charge is 0.226 e. The van der Waals surface area contributed by atoms with Crippen LogP contribution >= 0.6 is 22.7 Å². The van der Waals surface area contributed by atoms with E-state index in [1.807, 2.05) is 47.2 Å². The fourth-order valence-corrected chi connectivity index (χ4v) is 3.54. The second-order valence-electron chi connectivity index (χ2n) is 4.84. The maximum absolute atomic E-state index is 11.9. The minimum absolute atomic E-state index is 0.0381. The van der Waals surface area contributed by atoms with E-state index >= 15 is 0 Å². The van der Waals surface area contributed by atoms with Gasteiger partial charge in [-0.3, -0.25) is 4.79 Å². The molecular formula is C17H16N2O2S2. The van der Waals surface area contributed by atoms with Gasteiger partial charge < -0.3 is 10.1 Å². The molecule has 3 rings (SSSR count). The second-order valence-corrected chi connectivity index (χ2v) is 6.48. The number of aromatic nitrogens is 1. The molecule has 2 aromatic heterocycles. The third kappa shape index (κ3) is 4.64. The van der Waals surface area contributed by atoms with Gasteiger partial charge in [0.25, 0.3) is 0 Å². The Kier molecular flexibility index (Phi) is 5.39. The molecule has 0 saturated carbocycles. The molecular weight excluding hydrogens is 328 g/mol. The Labute approximate surface area is 142 Å². The van der Waals surface area contributed by atoms with Crippen molar-refractivity contribution in [3.05, 3.63) is 58.2 Å². The lowest BCUT2D eigenvalue weighted by molar-refractivity contribution is -0.120. The number of carbonyl (C=O) groups excluding carboxylic acids is 1. The molecule has 0 radical (unpaired) electrons. The van der Waals surface area contributed by atoms with E-state index in [2.05, 4.69) is 15.7 Å². The van der Waals surface area contributed by atoms with Crippen LogP contribution in [0.1, 0.15) is 5.69 Å². The van der Waals surface area contributed by atoms with Crippen LogP contribution in [-0.4, -0.2) is 24.0 Å². The molecule has 0 spiro atoms. The van der Waals surface area contributed by atoms with Crippen LogP contribution < -0.4 is 10.1 Å². The van der Waals surface area contributed by atoms with Crippen molar-refractivity contribution in [2.24, 2.45) is 0 Å². The summed E-state index contributed by atoms with van der Waals surface area (Å²) in [7, 11) is 0. The molecule has 23 heavy (non-hydrogen) atoms. The average molecular weight is 344 g/mol. The Balaban J connectivity index is 1.41. The lowest BCUT2D eigenvalue weighted by Crippen LogP contribution is -2.29. The SMILES string of the molecule is O=C(Cc1csc(-c2ccsc2)n1)NCCOc1ccccc1. The van der Waals surface area contributed by atoms with Crippen molar-refractivity contribution in [2.75, 3.05) is 13.2 Å². The molecule has 118 valence electrons. The van der Waals surface area contributed by atoms with Crippen molar-refractivity contribution in [3.8, 4) is 16.3 Å². The van der Waals surface area contributed by atoms with Gasteiger partial charge in [0.15, 0.2) is 0 Å². The van der Waals surface area contributed by atoms with Crippen LogP contribution in [0.25, 0.3) is 10.6 Å². The molecule has 0 fully saturated rings. The molecule has 0 atom stereocenters. The Hall–Kier alpha value is -2.18. The molecule has 0 aliphatic carbocycles. The van der Waals surface area contributed by atoms with Gasteiger partial charge in [-0.15, -0.1) is 11.3 Å². The highest BCUT2D eigenvalue weighted by molar-refractivity contribution is 7.14. The number of thiazole rings is 1. The van der Waals surface area contributed by atoms with Crippen LogP contribution in [0.4, 0.5) is 0 Å². The van der Waals surface area contributed by atoms with Gasteiger partial charge in [0.05, 0.1) is 18.7 Å². The Morgan fingerprint density at radius 1 is 1.17 bits per heavy atom. The van der Waals surface area contributed by atoms with Gasteiger partial charge in [-0.05, 0) is 23.6 Å². The number of hydrogen-bond donors (Lipinski definition) is 1. The molecule has 1 amide bonds. The highest BCUT2D eigenvalue weighted by Crippen LogP contribution is 2.25. The van der Waals surface area contributed by atoms with Crippen molar-refractivity contribution in [2.45, 2.75) is 6.42 Å². The van der Waals surface area contributed by atoms with E-state index in [0.29, 0.717) is 19.6 Å². The Morgan fingerprint density at radius 2 is 2.04 bits per heavy atom. The van der Waals surface area contributed by atoms with Gasteiger partial charge in [-0.1, -0.05) is 18.2 Å². The van der Waals surface area contributed by atoms with Gasteiger partial charge in [-0.25, -0.2) is 4.98 Å². The van der Waals surface area contributed by atoms with Crippen LogP contribution in [-0.2, 0) is 11.2 Å². The van der Waals surface area contributed by atoms with Crippen molar-refractivity contribution in [1.29, 1.82) is 0 Å². The first kappa shape index (κ1) is 15.7. The van der Waals surface area contributed by atoms with E-state index in [9.17, 15) is 4.79 Å². The number of carbonyl (C=O) groups is 1. The van der Waals surface area contributed by atoms with Gasteiger partial charge in [-0.2, -0.15) is 11.3 Å². The van der Waals surface area contributed by atoms with E-state index in [1.54, 1.807) is 22.7 Å². The van der Waals surface area contributed by atoms with Crippen LogP contribution in [0.5, 0.6) is 5.75 Å². The summed E-state index contributed by atoms with van der Waals surface area (Å²) in [6.45, 7) is 0.933. The van der Waals surface area contributed by atoms with Crippen LogP contribution in [0.15, 0.2) is 52.5 Å². The molecule has 1 aromatic carbocycles. The first-order valence-electron chi connectivity index (χ1n) is 7.23. The van der Waals surface area contributed by atoms with Crippen molar-refractivity contribution in [1.82, 2.24) is 10.3 Å². The number of ether oxygens (including phenoxy) is 1. The third-order valence-corrected chi connectivity index (χ3v) is 4.72. The van der Waals surface area contributed by atoms with E-state index < -0.39 is 0 Å². The molecule has 2 heterocycles. The molecule has 0 aliphatic rings. The average Bonchev–Trinajstić information content (AvgIpc) is 3.24. The Bertz CT molecular complexity index is 739. The van der Waals surface area contributed by atoms with E-state index in [0.717, 1.165) is 22.0 Å². The van der Waals surface area contributed by atoms with Gasteiger partial charge in [0.2, 0.25) is 5.91 Å². The number of benzene rings is 1. The van der Waals surface area contributed by atoms with Crippen molar-refractivity contribution >= 4 is 28.6 Å². The Morgan fingerprint density at radius 3 is 2.83 bits per heavy atom. The lowest BCUT2D eigenvalue weighted by atomic mass is 10.3. The monoisotopic (exact) mass is 344 g/mol. The van der Waals surface area contributed by atoms with Gasteiger partial charge in [0.1, 0.15) is 17.4 Å². The van der Waals surface area contributed by atoms with E-state index in [4.69, 9.17) is 4.74 Å². The van der Waals surface area contributed by atoms with Crippen molar-refractivity contribution in [3.63, 3.8) is 0 Å². The number of nitrogens with one attached hydrogen (secondary N) is 1. The maximum Gasteiger partial charge on any atom is 0.226 e. The summed E-state index contributed by atoms with van der Waals surface area (Å²) in [5.74, 6) is 0.769. The molecule has 3 aromatic rings. The molecule has 0 saturated heterocycles. The lowest BCUT2D eigenvalue weighted by Gasteiger charge is -2.07. The molecule has 1 N–H and O–H groups in total. The zero-order valence-electron chi connectivity index (χ0n) is 12.4. The van der Waals surface area contributed by atoms with E-state index in [1.165, 1.54) is 0 Å². The number of nitrogens with zero attached hydrogens (tertiary/aromatic N) is 1. The molecule has 6 heteroatoms. The fourth-order valence-electron chi connectivity index (χ4n) is 2.01. The predicted octanol–water partition coefficient (Wildman–Crippen LogP) is 3.61. The van der Waals surface area contributed by atoms with E-state index in [-0.39, 0.29) is 5.91 Å². The van der Waals surface area contributed by atoms with Gasteiger partial charge in [0, 0.05) is 16.3 Å². The fraction of sp³-hybridized carbons (Fsp3) is 0.176. The van der Waals surface area contributed by atoms with Crippen LogP contribution in [0, 0.1) is 0 Å². The summed E-state index contributed by atoms with van der Waals surface area (Å²) in [6.07, 6.45) is 0.298. The number of amides is 1. The summed E-state index contributed by atoms with van der Waals surface area (Å²) >= 11 is 3.21. The molecule has 0 bridgehead atoms. The third-order valence-electron chi connectivity index (χ3n) is 3.10. The summed E-state index contributed by atoms with van der Waals surface area (Å²) < 4.78 is 5.53. The number of hydrogen-bond acceptors (Lipinski definition) is 5. The predicted molar refractivity (Wildman–Crippen MR) is 94.1 cm³/mol. The number of thiophene rings is 1. The molecule has 0 unspecified atom stereocenters. The molecule has 0 aliphatic heterocycles. The van der Waals surface area contributed by atoms with Crippen LogP contribution in [0.2, 0.25) is 0 Å². The summed E-state index contributed by atoms with van der Waals surface area (Å²) in [5.41, 5.74) is 1.92. The van der Waals surface area contributed by atoms with Gasteiger partial charge >= 0.3 is 0 Å². The minimum atomic E-state index is -0.0381. The van der Waals surface area contributed by atoms with Crippen molar-refractivity contribution < 1.29 is 9.53 Å². The minimum Gasteiger partial charge on any atom is -0.492 e. The second kappa shape index (κ2) is 7.89. The highest BCUT2D eigenvalue weighted by Gasteiger charge is 2.09.